The zero-order valence-electron chi connectivity index (χ0n) is 24.9. The van der Waals surface area contributed by atoms with Crippen LogP contribution in [0.1, 0.15) is 59.4 Å². The molecule has 1 aromatic heterocycles. The molecule has 3 rings (SSSR count). The molecule has 0 radical (unpaired) electrons. The van der Waals surface area contributed by atoms with Crippen LogP contribution in [0.2, 0.25) is 20.1 Å². The number of benzene rings is 2. The molecule has 10 nitrogen and oxygen atoms in total. The number of carbonyl (C=O) groups excluding carboxylic acids is 3. The van der Waals surface area contributed by atoms with Gasteiger partial charge in [0.1, 0.15) is 22.8 Å². The number of ketones is 1. The largest absolute Gasteiger partial charge is 0.444 e. The highest BCUT2D eigenvalue weighted by Gasteiger charge is 2.17. The third-order valence-corrected chi connectivity index (χ3v) is 6.69. The lowest BCUT2D eigenvalue weighted by Crippen LogP contribution is -2.33. The van der Waals surface area contributed by atoms with Crippen molar-refractivity contribution in [1.29, 1.82) is 0 Å². The minimum atomic E-state index is -0.567. The first-order valence-corrected chi connectivity index (χ1v) is 14.9. The Hall–Kier alpha value is -2.92. The van der Waals surface area contributed by atoms with Crippen molar-refractivity contribution in [3.8, 4) is 0 Å². The van der Waals surface area contributed by atoms with Crippen molar-refractivity contribution in [2.75, 3.05) is 18.8 Å². The van der Waals surface area contributed by atoms with Gasteiger partial charge in [-0.05, 0) is 71.4 Å². The smallest absolute Gasteiger partial charge is 0.407 e. The quantitative estimate of drug-likeness (QED) is 0.180. The van der Waals surface area contributed by atoms with E-state index in [1.54, 1.807) is 39.0 Å². The molecule has 1 heterocycles. The number of ether oxygens (including phenoxy) is 2. The van der Waals surface area contributed by atoms with Gasteiger partial charge < -0.3 is 30.8 Å². The van der Waals surface area contributed by atoms with E-state index in [1.807, 2.05) is 20.8 Å². The van der Waals surface area contributed by atoms with E-state index in [4.69, 9.17) is 61.6 Å². The molecule has 3 aromatic rings. The molecule has 0 unspecified atom stereocenters. The summed E-state index contributed by atoms with van der Waals surface area (Å²) in [5, 5.41) is 6.86. The molecule has 0 saturated heterocycles. The van der Waals surface area contributed by atoms with Crippen molar-refractivity contribution in [2.45, 2.75) is 72.0 Å². The van der Waals surface area contributed by atoms with Crippen LogP contribution in [0.5, 0.6) is 0 Å². The van der Waals surface area contributed by atoms with E-state index >= 15 is 0 Å². The third kappa shape index (κ3) is 13.5. The van der Waals surface area contributed by atoms with Crippen LogP contribution >= 0.6 is 46.4 Å². The number of fused-ring (bicyclic) bond motifs is 1. The Morgan fingerprint density at radius 3 is 1.91 bits per heavy atom. The number of H-pyrrole nitrogens is 1. The Morgan fingerprint density at radius 2 is 1.33 bits per heavy atom. The highest BCUT2D eigenvalue weighted by molar-refractivity contribution is 6.43. The standard InChI is InChI=1S/C15H20Cl2N2O3.C14H17Cl2N3O2/c1-15(2,3)22-14(21)19-5-4-10(20)6-9-7-11(16)12(17)8-13(9)18;1-14(2,3)21-13(20)17-5-4-12-18-10-6-8(15)9(16)7-11(10)19-12/h7-8H,4-6,18H2,1-3H3,(H,19,21);6-7H,4-5H2,1-3H3,(H,17,20)(H,18,19). The third-order valence-electron chi connectivity index (χ3n) is 5.24. The number of nitrogens with zero attached hydrogens (tertiary/aromatic N) is 1. The number of alkyl carbamates (subject to hydrolysis) is 2. The summed E-state index contributed by atoms with van der Waals surface area (Å²) in [6.07, 6.45) is -0.111. The Kier molecular flexibility index (Phi) is 13.2. The number of nitrogen functional groups attached to an aromatic ring is 1. The second-order valence-electron chi connectivity index (χ2n) is 11.5. The highest BCUT2D eigenvalue weighted by Crippen LogP contribution is 2.28. The van der Waals surface area contributed by atoms with Crippen molar-refractivity contribution < 1.29 is 23.9 Å². The van der Waals surface area contributed by atoms with Crippen LogP contribution in [0.25, 0.3) is 11.0 Å². The van der Waals surface area contributed by atoms with Crippen LogP contribution in [0.3, 0.4) is 0 Å². The van der Waals surface area contributed by atoms with Gasteiger partial charge in [-0.3, -0.25) is 4.79 Å². The van der Waals surface area contributed by atoms with Crippen LogP contribution in [0, 0.1) is 0 Å². The molecule has 0 aliphatic carbocycles. The summed E-state index contributed by atoms with van der Waals surface area (Å²) >= 11 is 23.6. The number of halogens is 4. The fourth-order valence-corrected chi connectivity index (χ4v) is 4.13. The van der Waals surface area contributed by atoms with Gasteiger partial charge in [-0.15, -0.1) is 0 Å². The predicted molar refractivity (Wildman–Crippen MR) is 172 cm³/mol. The van der Waals surface area contributed by atoms with Crippen LogP contribution in [0.15, 0.2) is 24.3 Å². The van der Waals surface area contributed by atoms with Gasteiger partial charge in [0.25, 0.3) is 0 Å². The molecular formula is C29H37Cl4N5O5. The van der Waals surface area contributed by atoms with Gasteiger partial charge in [0.15, 0.2) is 0 Å². The first-order valence-electron chi connectivity index (χ1n) is 13.4. The highest BCUT2D eigenvalue weighted by atomic mass is 35.5. The van der Waals surface area contributed by atoms with E-state index in [2.05, 4.69) is 20.6 Å². The average molecular weight is 677 g/mol. The summed E-state index contributed by atoms with van der Waals surface area (Å²) in [6.45, 7) is 11.4. The Balaban J connectivity index is 0.000000300. The SMILES string of the molecule is CC(C)(C)OC(=O)NCCC(=O)Cc1cc(Cl)c(Cl)cc1N.CC(C)(C)OC(=O)NCCc1nc2cc(Cl)c(Cl)cc2[nH]1. The molecule has 0 fully saturated rings. The van der Waals surface area contributed by atoms with E-state index in [1.165, 1.54) is 6.07 Å². The molecule has 236 valence electrons. The number of rotatable bonds is 8. The summed E-state index contributed by atoms with van der Waals surface area (Å²) in [5.41, 5.74) is 7.33. The minimum absolute atomic E-state index is 0.0684. The molecular weight excluding hydrogens is 640 g/mol. The van der Waals surface area contributed by atoms with Crippen molar-refractivity contribution in [3.63, 3.8) is 0 Å². The molecule has 14 heteroatoms. The second kappa shape index (κ2) is 15.7. The van der Waals surface area contributed by atoms with E-state index in [0.717, 1.165) is 16.9 Å². The number of aromatic amines is 1. The lowest BCUT2D eigenvalue weighted by molar-refractivity contribution is -0.118. The number of anilines is 1. The second-order valence-corrected chi connectivity index (χ2v) is 13.1. The Morgan fingerprint density at radius 1 is 0.814 bits per heavy atom. The van der Waals surface area contributed by atoms with E-state index in [-0.39, 0.29) is 25.2 Å². The summed E-state index contributed by atoms with van der Waals surface area (Å²) < 4.78 is 10.2. The fourth-order valence-electron chi connectivity index (χ4n) is 3.45. The number of carbonyl (C=O) groups is 3. The summed E-state index contributed by atoms with van der Waals surface area (Å²) in [4.78, 5) is 42.4. The molecule has 5 N–H and O–H groups in total. The maximum absolute atomic E-state index is 11.9. The first kappa shape index (κ1) is 36.3. The number of nitrogens with two attached hydrogens (primary N) is 1. The minimum Gasteiger partial charge on any atom is -0.444 e. The molecule has 2 amide bonds. The number of aromatic nitrogens is 2. The van der Waals surface area contributed by atoms with Gasteiger partial charge in [0.05, 0.1) is 31.1 Å². The van der Waals surface area contributed by atoms with Crippen LogP contribution < -0.4 is 16.4 Å². The van der Waals surface area contributed by atoms with Crippen molar-refractivity contribution in [3.05, 3.63) is 55.7 Å². The molecule has 0 atom stereocenters. The van der Waals surface area contributed by atoms with Crippen LogP contribution in [-0.4, -0.2) is 52.2 Å². The van der Waals surface area contributed by atoms with Gasteiger partial charge in [0, 0.05) is 38.0 Å². The van der Waals surface area contributed by atoms with Gasteiger partial charge in [-0.25, -0.2) is 14.6 Å². The summed E-state index contributed by atoms with van der Waals surface area (Å²) in [5.74, 6) is 0.681. The molecule has 43 heavy (non-hydrogen) atoms. The fraction of sp³-hybridized carbons (Fsp3) is 0.448. The number of imidazole rings is 1. The molecule has 2 aromatic carbocycles. The summed E-state index contributed by atoms with van der Waals surface area (Å²) in [7, 11) is 0. The Bertz CT molecular complexity index is 1410. The van der Waals surface area contributed by atoms with Crippen LogP contribution in [0.4, 0.5) is 15.3 Å². The normalized spacial score (nSPS) is 11.4. The van der Waals surface area contributed by atoms with Gasteiger partial charge >= 0.3 is 12.2 Å². The zero-order valence-corrected chi connectivity index (χ0v) is 27.9. The van der Waals surface area contributed by atoms with E-state index in [9.17, 15) is 14.4 Å². The molecule has 0 aliphatic rings. The lowest BCUT2D eigenvalue weighted by Gasteiger charge is -2.19. The average Bonchev–Trinajstić information content (AvgIpc) is 3.22. The van der Waals surface area contributed by atoms with Crippen LogP contribution in [-0.2, 0) is 27.1 Å². The van der Waals surface area contributed by atoms with Crippen molar-refractivity contribution >= 4 is 81.1 Å². The zero-order chi connectivity index (χ0) is 32.5. The molecule has 0 aliphatic heterocycles. The number of nitrogens with one attached hydrogen (secondary N) is 3. The number of hydrogen-bond acceptors (Lipinski definition) is 7. The lowest BCUT2D eigenvalue weighted by atomic mass is 10.1. The number of hydrogen-bond donors (Lipinski definition) is 4. The maximum Gasteiger partial charge on any atom is 0.407 e. The van der Waals surface area contributed by atoms with Gasteiger partial charge in [-0.1, -0.05) is 46.4 Å². The maximum atomic E-state index is 11.9. The van der Waals surface area contributed by atoms with Crippen molar-refractivity contribution in [2.24, 2.45) is 0 Å². The van der Waals surface area contributed by atoms with Gasteiger partial charge in [0.2, 0.25) is 0 Å². The summed E-state index contributed by atoms with van der Waals surface area (Å²) in [6, 6.07) is 6.54. The molecule has 0 spiro atoms. The number of amides is 2. The predicted octanol–water partition coefficient (Wildman–Crippen LogP) is 7.54. The first-order chi connectivity index (χ1) is 19.8. The monoisotopic (exact) mass is 675 g/mol. The van der Waals surface area contributed by atoms with E-state index < -0.39 is 23.4 Å². The molecule has 0 bridgehead atoms. The number of Topliss-reactive ketones (excluding diaryl/α,β-unsaturated/α-hetero) is 1. The van der Waals surface area contributed by atoms with E-state index in [0.29, 0.717) is 44.3 Å². The molecule has 0 saturated carbocycles. The topological polar surface area (TPSA) is 148 Å². The van der Waals surface area contributed by atoms with Crippen molar-refractivity contribution in [1.82, 2.24) is 20.6 Å². The Labute approximate surface area is 271 Å². The van der Waals surface area contributed by atoms with Gasteiger partial charge in [-0.2, -0.15) is 0 Å².